The number of rotatable bonds is 5. The highest BCUT2D eigenvalue weighted by Crippen LogP contribution is 2.34. The molecule has 2 aromatic rings. The van der Waals surface area contributed by atoms with Crippen molar-refractivity contribution in [2.75, 3.05) is 20.3 Å². The van der Waals surface area contributed by atoms with Gasteiger partial charge in [-0.25, -0.2) is 0 Å². The van der Waals surface area contributed by atoms with Gasteiger partial charge in [0.15, 0.2) is 0 Å². The highest BCUT2D eigenvalue weighted by Gasteiger charge is 2.27. The Bertz CT molecular complexity index is 697. The third-order valence-corrected chi connectivity index (χ3v) is 4.51. The molecule has 2 unspecified atom stereocenters. The Hall–Kier alpha value is -2.05. The van der Waals surface area contributed by atoms with Crippen LogP contribution in [0, 0.1) is 0 Å². The van der Waals surface area contributed by atoms with Gasteiger partial charge in [-0.1, -0.05) is 6.07 Å². The zero-order valence-corrected chi connectivity index (χ0v) is 14.5. The number of ether oxygens (including phenoxy) is 2. The van der Waals surface area contributed by atoms with Crippen LogP contribution in [0.25, 0.3) is 0 Å². The standard InChI is InChI=1S/C18H25N3O3/c1-18(22,13-10-20-21(2)11-13)12-19-16-5-4-8-24-17-9-14(23-3)6-7-15(16)17/h6-7,9-11,16,19,22H,4-5,8,12H2,1-3H3. The van der Waals surface area contributed by atoms with E-state index in [0.29, 0.717) is 13.2 Å². The van der Waals surface area contributed by atoms with Gasteiger partial charge in [-0.15, -0.1) is 0 Å². The maximum Gasteiger partial charge on any atom is 0.127 e. The van der Waals surface area contributed by atoms with E-state index in [2.05, 4.69) is 10.4 Å². The summed E-state index contributed by atoms with van der Waals surface area (Å²) in [7, 11) is 3.50. The Morgan fingerprint density at radius 2 is 2.33 bits per heavy atom. The van der Waals surface area contributed by atoms with Crippen LogP contribution in [0.1, 0.15) is 36.9 Å². The first kappa shape index (κ1) is 16.8. The number of nitrogens with zero attached hydrogens (tertiary/aromatic N) is 2. The second-order valence-electron chi connectivity index (χ2n) is 6.50. The van der Waals surface area contributed by atoms with Crippen molar-refractivity contribution in [3.63, 3.8) is 0 Å². The van der Waals surface area contributed by atoms with Crippen LogP contribution in [-0.2, 0) is 12.6 Å². The van der Waals surface area contributed by atoms with Crippen molar-refractivity contribution in [2.45, 2.75) is 31.4 Å². The van der Waals surface area contributed by atoms with Gasteiger partial charge < -0.3 is 19.9 Å². The summed E-state index contributed by atoms with van der Waals surface area (Å²) in [5.41, 5.74) is 0.932. The SMILES string of the molecule is COc1ccc2c(c1)OCCCC2NCC(C)(O)c1cnn(C)c1. The first-order valence-corrected chi connectivity index (χ1v) is 8.25. The summed E-state index contributed by atoms with van der Waals surface area (Å²) in [6, 6.07) is 6.04. The van der Waals surface area contributed by atoms with Crippen molar-refractivity contribution in [3.8, 4) is 11.5 Å². The van der Waals surface area contributed by atoms with Gasteiger partial charge in [-0.05, 0) is 25.8 Å². The van der Waals surface area contributed by atoms with E-state index in [-0.39, 0.29) is 6.04 Å². The minimum Gasteiger partial charge on any atom is -0.497 e. The molecule has 24 heavy (non-hydrogen) atoms. The van der Waals surface area contributed by atoms with E-state index in [4.69, 9.17) is 9.47 Å². The number of fused-ring (bicyclic) bond motifs is 1. The number of benzene rings is 1. The van der Waals surface area contributed by atoms with Gasteiger partial charge in [0.2, 0.25) is 0 Å². The fourth-order valence-electron chi connectivity index (χ4n) is 3.01. The Morgan fingerprint density at radius 3 is 3.04 bits per heavy atom. The molecule has 0 bridgehead atoms. The molecule has 6 heteroatoms. The smallest absolute Gasteiger partial charge is 0.127 e. The van der Waals surface area contributed by atoms with Gasteiger partial charge in [0, 0.05) is 43.0 Å². The molecule has 1 aromatic carbocycles. The molecule has 2 atom stereocenters. The average Bonchev–Trinajstić information content (AvgIpc) is 2.91. The maximum absolute atomic E-state index is 10.8. The van der Waals surface area contributed by atoms with Crippen LogP contribution >= 0.6 is 0 Å². The average molecular weight is 331 g/mol. The molecule has 2 N–H and O–H groups in total. The molecule has 0 saturated heterocycles. The predicted octanol–water partition coefficient (Wildman–Crippen LogP) is 2.14. The molecular formula is C18H25N3O3. The third kappa shape index (κ3) is 3.55. The number of aromatic nitrogens is 2. The molecule has 6 nitrogen and oxygen atoms in total. The van der Waals surface area contributed by atoms with Gasteiger partial charge in [0.05, 0.1) is 19.9 Å². The van der Waals surface area contributed by atoms with E-state index in [1.807, 2.05) is 31.4 Å². The number of aryl methyl sites for hydroxylation is 1. The van der Waals surface area contributed by atoms with Crippen molar-refractivity contribution >= 4 is 0 Å². The van der Waals surface area contributed by atoms with Gasteiger partial charge in [0.25, 0.3) is 0 Å². The topological polar surface area (TPSA) is 68.5 Å². The maximum atomic E-state index is 10.8. The molecule has 0 saturated carbocycles. The van der Waals surface area contributed by atoms with Crippen molar-refractivity contribution in [1.82, 2.24) is 15.1 Å². The van der Waals surface area contributed by atoms with Crippen molar-refractivity contribution in [3.05, 3.63) is 41.7 Å². The molecule has 1 aromatic heterocycles. The normalized spacial score (nSPS) is 19.8. The minimum atomic E-state index is -0.978. The summed E-state index contributed by atoms with van der Waals surface area (Å²) >= 11 is 0. The van der Waals surface area contributed by atoms with E-state index in [9.17, 15) is 5.11 Å². The molecule has 1 aliphatic heterocycles. The zero-order valence-electron chi connectivity index (χ0n) is 14.5. The van der Waals surface area contributed by atoms with Gasteiger partial charge in [0.1, 0.15) is 17.1 Å². The first-order valence-electron chi connectivity index (χ1n) is 8.25. The Morgan fingerprint density at radius 1 is 1.50 bits per heavy atom. The largest absolute Gasteiger partial charge is 0.497 e. The number of nitrogens with one attached hydrogen (secondary N) is 1. The highest BCUT2D eigenvalue weighted by atomic mass is 16.5. The Kier molecular flexibility index (Phi) is 4.78. The van der Waals surface area contributed by atoms with E-state index < -0.39 is 5.60 Å². The molecule has 0 aliphatic carbocycles. The van der Waals surface area contributed by atoms with Crippen molar-refractivity contribution in [2.24, 2.45) is 7.05 Å². The lowest BCUT2D eigenvalue weighted by atomic mass is 9.97. The lowest BCUT2D eigenvalue weighted by Crippen LogP contribution is -2.37. The zero-order chi connectivity index (χ0) is 17.2. The van der Waals surface area contributed by atoms with Gasteiger partial charge in [-0.3, -0.25) is 4.68 Å². The van der Waals surface area contributed by atoms with Crippen LogP contribution in [-0.4, -0.2) is 35.1 Å². The molecule has 3 rings (SSSR count). The van der Waals surface area contributed by atoms with Gasteiger partial charge >= 0.3 is 0 Å². The van der Waals surface area contributed by atoms with E-state index in [1.54, 1.807) is 24.9 Å². The highest BCUT2D eigenvalue weighted by molar-refractivity contribution is 5.43. The van der Waals surface area contributed by atoms with Crippen LogP contribution in [0.15, 0.2) is 30.6 Å². The summed E-state index contributed by atoms with van der Waals surface area (Å²) in [5.74, 6) is 1.64. The van der Waals surface area contributed by atoms with Crippen LogP contribution in [0.4, 0.5) is 0 Å². The fourth-order valence-corrected chi connectivity index (χ4v) is 3.01. The molecule has 2 heterocycles. The molecular weight excluding hydrogens is 306 g/mol. The van der Waals surface area contributed by atoms with E-state index in [1.165, 1.54) is 0 Å². The second-order valence-corrected chi connectivity index (χ2v) is 6.50. The Labute approximate surface area is 142 Å². The third-order valence-electron chi connectivity index (χ3n) is 4.51. The summed E-state index contributed by atoms with van der Waals surface area (Å²) in [4.78, 5) is 0. The van der Waals surface area contributed by atoms with Crippen LogP contribution in [0.2, 0.25) is 0 Å². The summed E-state index contributed by atoms with van der Waals surface area (Å²) in [6.07, 6.45) is 5.47. The van der Waals surface area contributed by atoms with Crippen LogP contribution in [0.5, 0.6) is 11.5 Å². The molecule has 0 radical (unpaired) electrons. The number of hydrogen-bond acceptors (Lipinski definition) is 5. The molecule has 0 spiro atoms. The number of aliphatic hydroxyl groups is 1. The van der Waals surface area contributed by atoms with Gasteiger partial charge in [-0.2, -0.15) is 5.10 Å². The van der Waals surface area contributed by atoms with E-state index >= 15 is 0 Å². The Balaban J connectivity index is 1.75. The molecule has 130 valence electrons. The summed E-state index contributed by atoms with van der Waals surface area (Å²) < 4.78 is 12.8. The quantitative estimate of drug-likeness (QED) is 0.878. The number of hydrogen-bond donors (Lipinski definition) is 2. The fraction of sp³-hybridized carbons (Fsp3) is 0.500. The van der Waals surface area contributed by atoms with Crippen LogP contribution in [0.3, 0.4) is 0 Å². The minimum absolute atomic E-state index is 0.136. The monoisotopic (exact) mass is 331 g/mol. The summed E-state index contributed by atoms with van der Waals surface area (Å²) in [6.45, 7) is 2.94. The van der Waals surface area contributed by atoms with Crippen molar-refractivity contribution in [1.29, 1.82) is 0 Å². The molecule has 0 fully saturated rings. The van der Waals surface area contributed by atoms with E-state index in [0.717, 1.165) is 35.5 Å². The predicted molar refractivity (Wildman–Crippen MR) is 91.2 cm³/mol. The lowest BCUT2D eigenvalue weighted by Gasteiger charge is -2.26. The first-order chi connectivity index (χ1) is 11.5. The second kappa shape index (κ2) is 6.83. The molecule has 0 amide bonds. The number of methoxy groups -OCH3 is 1. The van der Waals surface area contributed by atoms with Crippen LogP contribution < -0.4 is 14.8 Å². The lowest BCUT2D eigenvalue weighted by molar-refractivity contribution is 0.0533. The van der Waals surface area contributed by atoms with Crippen molar-refractivity contribution < 1.29 is 14.6 Å². The summed E-state index contributed by atoms with van der Waals surface area (Å²) in [5, 5.41) is 18.4. The molecule has 1 aliphatic rings.